The largest absolute Gasteiger partial charge is 0.340 e. The van der Waals surface area contributed by atoms with Gasteiger partial charge < -0.3 is 15.0 Å². The van der Waals surface area contributed by atoms with E-state index in [2.05, 4.69) is 78.2 Å². The molecular weight excluding hydrogens is 731 g/mol. The molecule has 0 unspecified atom stereocenters. The van der Waals surface area contributed by atoms with E-state index in [4.69, 9.17) is 0 Å². The average Bonchev–Trinajstić information content (AvgIpc) is 3.01. The molecule has 0 spiro atoms. The Balaban J connectivity index is 0.000000176. The molecule has 3 aromatic heterocycles. The smallest absolute Gasteiger partial charge is 0.188 e. The second-order valence-corrected chi connectivity index (χ2v) is 12.4. The molecule has 4 heterocycles. The van der Waals surface area contributed by atoms with Gasteiger partial charge in [-0.2, -0.15) is 0 Å². The summed E-state index contributed by atoms with van der Waals surface area (Å²) < 4.78 is 26.7. The predicted molar refractivity (Wildman–Crippen MR) is 167 cm³/mol. The van der Waals surface area contributed by atoms with Gasteiger partial charge in [-0.05, 0) is 75.2 Å². The van der Waals surface area contributed by atoms with Gasteiger partial charge in [-0.1, -0.05) is 66.7 Å². The zero-order chi connectivity index (χ0) is 29.0. The first-order valence-electron chi connectivity index (χ1n) is 13.6. The first kappa shape index (κ1) is 28.8. The van der Waals surface area contributed by atoms with Gasteiger partial charge in [0.15, 0.2) is 9.84 Å². The van der Waals surface area contributed by atoms with Crippen LogP contribution in [0.15, 0.2) is 107 Å². The van der Waals surface area contributed by atoms with Gasteiger partial charge in [0.05, 0.1) is 9.92 Å². The number of hydrogen-bond donors (Lipinski definition) is 0. The van der Waals surface area contributed by atoms with E-state index in [9.17, 15) is 8.42 Å². The van der Waals surface area contributed by atoms with Crippen LogP contribution in [0.3, 0.4) is 0 Å². The van der Waals surface area contributed by atoms with Crippen molar-refractivity contribution >= 4 is 42.2 Å². The fourth-order valence-electron chi connectivity index (χ4n) is 5.49. The number of aromatic nitrogens is 3. The number of benzene rings is 4. The molecule has 0 atom stereocenters. The second-order valence-electron chi connectivity index (χ2n) is 10.5. The Morgan fingerprint density at radius 2 is 1.56 bits per heavy atom. The van der Waals surface area contributed by atoms with Gasteiger partial charge in [0.2, 0.25) is 0 Å². The number of pyridine rings is 3. The number of sulfone groups is 1. The van der Waals surface area contributed by atoms with Crippen molar-refractivity contribution in [3.8, 4) is 22.5 Å². The van der Waals surface area contributed by atoms with Crippen LogP contribution in [0, 0.1) is 32.9 Å². The second kappa shape index (κ2) is 11.1. The van der Waals surface area contributed by atoms with Crippen LogP contribution in [0.5, 0.6) is 0 Å². The fourth-order valence-corrected chi connectivity index (χ4v) is 7.07. The Morgan fingerprint density at radius 3 is 2.35 bits per heavy atom. The zero-order valence-corrected chi connectivity index (χ0v) is 26.8. The minimum absolute atomic E-state index is 0. The van der Waals surface area contributed by atoms with Crippen molar-refractivity contribution in [1.82, 2.24) is 15.0 Å². The van der Waals surface area contributed by atoms with Gasteiger partial charge in [-0.3, -0.25) is 0 Å². The number of fused-ring (bicyclic) bond motifs is 6. The van der Waals surface area contributed by atoms with Crippen molar-refractivity contribution < 1.29 is 28.5 Å². The molecule has 1 radical (unpaired) electrons. The summed E-state index contributed by atoms with van der Waals surface area (Å²) in [7, 11) is -3.75. The van der Waals surface area contributed by atoms with E-state index in [-0.39, 0.29) is 30.0 Å². The van der Waals surface area contributed by atoms with Crippen molar-refractivity contribution in [1.29, 1.82) is 0 Å². The maximum atomic E-state index is 13.4. The van der Waals surface area contributed by atoms with Crippen LogP contribution in [0.2, 0.25) is 0 Å². The summed E-state index contributed by atoms with van der Waals surface area (Å²) in [4.78, 5) is 13.3. The number of aryl methyl sites for hydroxylation is 3. The van der Waals surface area contributed by atoms with Crippen molar-refractivity contribution in [2.24, 2.45) is 0 Å². The molecule has 7 aromatic rings. The third-order valence-electron chi connectivity index (χ3n) is 7.84. The summed E-state index contributed by atoms with van der Waals surface area (Å²) >= 11 is 0. The van der Waals surface area contributed by atoms with E-state index >= 15 is 0 Å². The molecule has 0 amide bonds. The molecule has 5 nitrogen and oxygen atoms in total. The first-order valence-corrected chi connectivity index (χ1v) is 15.1. The monoisotopic (exact) mass is 756 g/mol. The minimum atomic E-state index is -3.75. The quantitative estimate of drug-likeness (QED) is 0.125. The number of rotatable bonds is 1. The standard InChI is InChI=1S/C22H11N2O2S.C14H14N.Ir/c25-27(26)19-12-18-14-5-2-1-4-13(14)7-8-15(18)16-9-11-23-21(20(16)19)17-6-3-10-24-22(17)27;1-10-4-6-13(7-5-10)14-8-11(2)12(3)9-15-14;/h1-5,7-12H;4-6,8-9H,1-3H3;/q2*-1;. The Hall–Kier alpha value is -4.29. The molecule has 4 aromatic carbocycles. The first-order chi connectivity index (χ1) is 20.3. The average molecular weight is 756 g/mol. The van der Waals surface area contributed by atoms with Crippen LogP contribution in [0.1, 0.15) is 16.7 Å². The van der Waals surface area contributed by atoms with Crippen molar-refractivity contribution in [2.45, 2.75) is 30.7 Å². The van der Waals surface area contributed by atoms with Crippen molar-refractivity contribution in [3.63, 3.8) is 0 Å². The maximum absolute atomic E-state index is 13.4. The third-order valence-corrected chi connectivity index (χ3v) is 9.56. The summed E-state index contributed by atoms with van der Waals surface area (Å²) in [6.07, 6.45) is 5.09. The van der Waals surface area contributed by atoms with Crippen LogP contribution in [0.4, 0.5) is 0 Å². The molecule has 1 aliphatic rings. The van der Waals surface area contributed by atoms with Crippen LogP contribution in [-0.2, 0) is 29.9 Å². The molecule has 0 N–H and O–H groups in total. The number of nitrogens with zero attached hydrogens (tertiary/aromatic N) is 3. The zero-order valence-electron chi connectivity index (χ0n) is 23.6. The molecule has 0 fully saturated rings. The predicted octanol–water partition coefficient (Wildman–Crippen LogP) is 8.02. The van der Waals surface area contributed by atoms with Gasteiger partial charge in [-0.15, -0.1) is 47.5 Å². The van der Waals surface area contributed by atoms with Gasteiger partial charge in [-0.25, -0.2) is 8.42 Å². The molecule has 213 valence electrons. The Morgan fingerprint density at radius 1 is 0.721 bits per heavy atom. The normalized spacial score (nSPS) is 12.7. The van der Waals surface area contributed by atoms with Gasteiger partial charge in [0, 0.05) is 32.5 Å². The Labute approximate surface area is 264 Å². The van der Waals surface area contributed by atoms with Crippen LogP contribution >= 0.6 is 0 Å². The van der Waals surface area contributed by atoms with Crippen molar-refractivity contribution in [3.05, 3.63) is 126 Å². The molecule has 0 aliphatic carbocycles. The van der Waals surface area contributed by atoms with Crippen molar-refractivity contribution in [2.75, 3.05) is 0 Å². The van der Waals surface area contributed by atoms with E-state index in [0.29, 0.717) is 16.6 Å². The maximum Gasteiger partial charge on any atom is 0.188 e. The molecule has 0 saturated carbocycles. The molecule has 43 heavy (non-hydrogen) atoms. The van der Waals surface area contributed by atoms with E-state index in [1.54, 1.807) is 18.3 Å². The van der Waals surface area contributed by atoms with E-state index in [0.717, 1.165) is 38.2 Å². The minimum Gasteiger partial charge on any atom is -0.340 e. The third kappa shape index (κ3) is 4.84. The number of hydrogen-bond acceptors (Lipinski definition) is 5. The van der Waals surface area contributed by atoms with E-state index in [1.165, 1.54) is 22.9 Å². The molecule has 0 bridgehead atoms. The van der Waals surface area contributed by atoms with E-state index < -0.39 is 9.84 Å². The fraction of sp³-hybridized carbons (Fsp3) is 0.0833. The topological polar surface area (TPSA) is 72.8 Å². The summed E-state index contributed by atoms with van der Waals surface area (Å²) in [5.41, 5.74) is 6.84. The van der Waals surface area contributed by atoms with Crippen LogP contribution < -0.4 is 0 Å². The summed E-state index contributed by atoms with van der Waals surface area (Å²) in [5.74, 6) is 0. The van der Waals surface area contributed by atoms with Crippen LogP contribution in [-0.4, -0.2) is 23.4 Å². The molecular formula is C36H25IrN3O2S-2. The molecule has 7 heteroatoms. The van der Waals surface area contributed by atoms with Gasteiger partial charge in [0.25, 0.3) is 0 Å². The van der Waals surface area contributed by atoms with Crippen LogP contribution in [0.25, 0.3) is 54.8 Å². The Kier molecular flexibility index (Phi) is 7.43. The molecule has 0 saturated heterocycles. The van der Waals surface area contributed by atoms with Gasteiger partial charge in [0.1, 0.15) is 0 Å². The SMILES string of the molecule is Cc1c[c-]c(-c2cc(C)c(C)cn2)cc1.O=S1(=O)c2ncc[c-]c2-c2nccc3c2c1cc1c2ccccc2ccc31.[Ir]. The summed E-state index contributed by atoms with van der Waals surface area (Å²) in [5, 5.41) is 5.59. The Bertz CT molecular complexity index is 2300. The van der Waals surface area contributed by atoms with E-state index in [1.807, 2.05) is 42.6 Å². The molecule has 1 aliphatic heterocycles. The van der Waals surface area contributed by atoms with Gasteiger partial charge >= 0.3 is 0 Å². The summed E-state index contributed by atoms with van der Waals surface area (Å²) in [6, 6.07) is 31.9. The summed E-state index contributed by atoms with van der Waals surface area (Å²) in [6.45, 7) is 6.24. The molecule has 8 rings (SSSR count).